The molecule has 0 aliphatic carbocycles. The molecule has 0 bridgehead atoms. The van der Waals surface area contributed by atoms with E-state index in [1.807, 2.05) is 19.0 Å². The number of likely N-dealkylation sites (N-methyl/N-ethyl adjacent to an activating group) is 1. The van der Waals surface area contributed by atoms with Gasteiger partial charge in [-0.15, -0.1) is 0 Å². The number of hydrogen-bond acceptors (Lipinski definition) is 4. The molecule has 1 aromatic heterocycles. The number of nitrogens with zero attached hydrogens (tertiary/aromatic N) is 3. The van der Waals surface area contributed by atoms with Gasteiger partial charge in [0.15, 0.2) is 0 Å². The molecule has 18 heavy (non-hydrogen) atoms. The Hall–Kier alpha value is -1.62. The first-order chi connectivity index (χ1) is 8.54. The van der Waals surface area contributed by atoms with Crippen LogP contribution in [0.3, 0.4) is 0 Å². The number of nitrogens with two attached hydrogens (primary N) is 1. The summed E-state index contributed by atoms with van der Waals surface area (Å²) >= 11 is 0. The first kappa shape index (κ1) is 14.4. The predicted octanol–water partition coefficient (Wildman–Crippen LogP) is 1.08. The van der Waals surface area contributed by atoms with Gasteiger partial charge in [-0.25, -0.2) is 0 Å². The monoisotopic (exact) mass is 250 g/mol. The lowest BCUT2D eigenvalue weighted by Gasteiger charge is -2.23. The molecule has 5 nitrogen and oxygen atoms in total. The van der Waals surface area contributed by atoms with Crippen molar-refractivity contribution in [3.05, 3.63) is 24.0 Å². The van der Waals surface area contributed by atoms with E-state index in [9.17, 15) is 4.79 Å². The Balaban J connectivity index is 2.75. The molecule has 1 amide bonds. The van der Waals surface area contributed by atoms with Crippen LogP contribution < -0.4 is 5.73 Å². The summed E-state index contributed by atoms with van der Waals surface area (Å²) < 4.78 is 0. The topological polar surface area (TPSA) is 62.5 Å². The van der Waals surface area contributed by atoms with Gasteiger partial charge in [-0.2, -0.15) is 0 Å². The van der Waals surface area contributed by atoms with Crippen LogP contribution in [0.1, 0.15) is 23.8 Å². The zero-order chi connectivity index (χ0) is 13.5. The van der Waals surface area contributed by atoms with Gasteiger partial charge in [0.1, 0.15) is 5.69 Å². The highest BCUT2D eigenvalue weighted by atomic mass is 16.2. The Kier molecular flexibility index (Phi) is 5.58. The zero-order valence-corrected chi connectivity index (χ0v) is 11.4. The molecule has 0 unspecified atom stereocenters. The smallest absolute Gasteiger partial charge is 0.272 e. The van der Waals surface area contributed by atoms with E-state index >= 15 is 0 Å². The van der Waals surface area contributed by atoms with Crippen LogP contribution in [0, 0.1) is 0 Å². The minimum absolute atomic E-state index is 0.0500. The molecule has 2 N–H and O–H groups in total. The van der Waals surface area contributed by atoms with Crippen molar-refractivity contribution in [3.63, 3.8) is 0 Å². The maximum absolute atomic E-state index is 12.3. The number of hydrogen-bond donors (Lipinski definition) is 1. The van der Waals surface area contributed by atoms with Crippen molar-refractivity contribution >= 4 is 11.6 Å². The van der Waals surface area contributed by atoms with Crippen LogP contribution in [-0.4, -0.2) is 54.4 Å². The van der Waals surface area contributed by atoms with Crippen molar-refractivity contribution in [1.29, 1.82) is 0 Å². The molecule has 0 radical (unpaired) electrons. The number of rotatable bonds is 6. The number of carbonyl (C=O) groups excluding carboxylic acids is 1. The number of anilines is 1. The van der Waals surface area contributed by atoms with Crippen molar-refractivity contribution in [2.75, 3.05) is 39.5 Å². The van der Waals surface area contributed by atoms with Crippen LogP contribution in [0.15, 0.2) is 18.3 Å². The third-order valence-electron chi connectivity index (χ3n) is 2.60. The van der Waals surface area contributed by atoms with E-state index in [0.29, 0.717) is 17.9 Å². The fraction of sp³-hybridized carbons (Fsp3) is 0.538. The zero-order valence-electron chi connectivity index (χ0n) is 11.4. The molecular formula is C13H22N4O. The van der Waals surface area contributed by atoms with Crippen molar-refractivity contribution in [3.8, 4) is 0 Å². The second-order valence-electron chi connectivity index (χ2n) is 4.57. The standard InChI is InChI=1S/C13H22N4O/c1-4-7-17(9-8-16(2)3)13(18)12-10-11(14)5-6-15-12/h5-6,10H,4,7-9H2,1-3H3,(H2,14,15). The van der Waals surface area contributed by atoms with Gasteiger partial charge in [0.05, 0.1) is 0 Å². The summed E-state index contributed by atoms with van der Waals surface area (Å²) in [6, 6.07) is 3.31. The van der Waals surface area contributed by atoms with E-state index in [-0.39, 0.29) is 5.91 Å². The van der Waals surface area contributed by atoms with Crippen LogP contribution in [0.5, 0.6) is 0 Å². The summed E-state index contributed by atoms with van der Waals surface area (Å²) in [4.78, 5) is 20.3. The molecule has 1 rings (SSSR count). The maximum atomic E-state index is 12.3. The molecule has 100 valence electrons. The summed E-state index contributed by atoms with van der Waals surface area (Å²) in [6.45, 7) is 4.34. The Morgan fingerprint density at radius 1 is 1.33 bits per heavy atom. The highest BCUT2D eigenvalue weighted by molar-refractivity contribution is 5.93. The predicted molar refractivity (Wildman–Crippen MR) is 73.4 cm³/mol. The first-order valence-corrected chi connectivity index (χ1v) is 6.20. The largest absolute Gasteiger partial charge is 0.399 e. The highest BCUT2D eigenvalue weighted by Crippen LogP contribution is 2.07. The van der Waals surface area contributed by atoms with Gasteiger partial charge in [-0.3, -0.25) is 9.78 Å². The van der Waals surface area contributed by atoms with Gasteiger partial charge in [0.25, 0.3) is 5.91 Å². The molecule has 0 saturated heterocycles. The second kappa shape index (κ2) is 6.96. The highest BCUT2D eigenvalue weighted by Gasteiger charge is 2.16. The molecule has 0 fully saturated rings. The van der Waals surface area contributed by atoms with Crippen LogP contribution in [0.4, 0.5) is 5.69 Å². The Morgan fingerprint density at radius 2 is 2.06 bits per heavy atom. The number of carbonyl (C=O) groups is 1. The summed E-state index contributed by atoms with van der Waals surface area (Å²) in [7, 11) is 3.99. The van der Waals surface area contributed by atoms with E-state index in [1.54, 1.807) is 18.3 Å². The van der Waals surface area contributed by atoms with Crippen LogP contribution in [0.2, 0.25) is 0 Å². The maximum Gasteiger partial charge on any atom is 0.272 e. The summed E-state index contributed by atoms with van der Waals surface area (Å²) in [5.41, 5.74) is 6.66. The number of amides is 1. The van der Waals surface area contributed by atoms with Gasteiger partial charge >= 0.3 is 0 Å². The summed E-state index contributed by atoms with van der Waals surface area (Å²) in [5.74, 6) is -0.0500. The Labute approximate surface area is 109 Å². The molecule has 0 atom stereocenters. The van der Waals surface area contributed by atoms with E-state index in [2.05, 4.69) is 16.8 Å². The van der Waals surface area contributed by atoms with Gasteiger partial charge in [0, 0.05) is 31.5 Å². The lowest BCUT2D eigenvalue weighted by atomic mass is 10.2. The molecule has 5 heteroatoms. The average Bonchev–Trinajstić information content (AvgIpc) is 2.33. The second-order valence-corrected chi connectivity index (χ2v) is 4.57. The molecule has 0 saturated carbocycles. The van der Waals surface area contributed by atoms with Crippen molar-refractivity contribution < 1.29 is 4.79 Å². The summed E-state index contributed by atoms with van der Waals surface area (Å²) in [6.07, 6.45) is 2.50. The van der Waals surface area contributed by atoms with Crippen LogP contribution in [0.25, 0.3) is 0 Å². The van der Waals surface area contributed by atoms with Gasteiger partial charge in [0.2, 0.25) is 0 Å². The minimum atomic E-state index is -0.0500. The van der Waals surface area contributed by atoms with Crippen molar-refractivity contribution in [2.24, 2.45) is 0 Å². The lowest BCUT2D eigenvalue weighted by molar-refractivity contribution is 0.0739. The quantitative estimate of drug-likeness (QED) is 0.820. The van der Waals surface area contributed by atoms with Crippen molar-refractivity contribution in [1.82, 2.24) is 14.8 Å². The molecule has 0 aliphatic rings. The third-order valence-corrected chi connectivity index (χ3v) is 2.60. The van der Waals surface area contributed by atoms with E-state index < -0.39 is 0 Å². The van der Waals surface area contributed by atoms with Gasteiger partial charge in [-0.1, -0.05) is 6.92 Å². The molecular weight excluding hydrogens is 228 g/mol. The van der Waals surface area contributed by atoms with Crippen LogP contribution in [-0.2, 0) is 0 Å². The SMILES string of the molecule is CCCN(CCN(C)C)C(=O)c1cc(N)ccn1. The first-order valence-electron chi connectivity index (χ1n) is 6.20. The fourth-order valence-electron chi connectivity index (χ4n) is 1.63. The number of aromatic nitrogens is 1. The fourth-order valence-corrected chi connectivity index (χ4v) is 1.63. The third kappa shape index (κ3) is 4.33. The molecule has 1 aromatic rings. The van der Waals surface area contributed by atoms with E-state index in [0.717, 1.165) is 19.5 Å². The number of nitrogen functional groups attached to an aromatic ring is 1. The van der Waals surface area contributed by atoms with Gasteiger partial charge in [-0.05, 0) is 32.6 Å². The van der Waals surface area contributed by atoms with Crippen molar-refractivity contribution in [2.45, 2.75) is 13.3 Å². The molecule has 0 aromatic carbocycles. The molecule has 0 aliphatic heterocycles. The van der Waals surface area contributed by atoms with Crippen LogP contribution >= 0.6 is 0 Å². The van der Waals surface area contributed by atoms with Gasteiger partial charge < -0.3 is 15.5 Å². The van der Waals surface area contributed by atoms with E-state index in [1.165, 1.54) is 0 Å². The average molecular weight is 250 g/mol. The minimum Gasteiger partial charge on any atom is -0.399 e. The molecule has 0 spiro atoms. The normalized spacial score (nSPS) is 10.7. The Bertz CT molecular complexity index is 392. The molecule has 1 heterocycles. The lowest BCUT2D eigenvalue weighted by Crippen LogP contribution is -2.37. The number of pyridine rings is 1. The van der Waals surface area contributed by atoms with E-state index in [4.69, 9.17) is 5.73 Å². The summed E-state index contributed by atoms with van der Waals surface area (Å²) in [5, 5.41) is 0. The Morgan fingerprint density at radius 3 is 2.61 bits per heavy atom.